The molecule has 0 bridgehead atoms. The van der Waals surface area contributed by atoms with E-state index in [1.807, 2.05) is 12.1 Å². The number of nitrogens with zero attached hydrogens (tertiary/aromatic N) is 2. The summed E-state index contributed by atoms with van der Waals surface area (Å²) >= 11 is 6.07. The van der Waals surface area contributed by atoms with Gasteiger partial charge in [0.05, 0.1) is 12.2 Å². The summed E-state index contributed by atoms with van der Waals surface area (Å²) in [6.07, 6.45) is 7.88. The molecule has 0 aliphatic carbocycles. The monoisotopic (exact) mass is 393 g/mol. The maximum absolute atomic E-state index is 13.1. The van der Waals surface area contributed by atoms with Crippen LogP contribution in [-0.4, -0.2) is 8.97 Å². The van der Waals surface area contributed by atoms with E-state index in [9.17, 15) is 4.39 Å². The summed E-state index contributed by atoms with van der Waals surface area (Å²) in [7, 11) is 0. The van der Waals surface area contributed by atoms with Gasteiger partial charge in [-0.1, -0.05) is 23.7 Å². The van der Waals surface area contributed by atoms with Gasteiger partial charge in [-0.3, -0.25) is 0 Å². The van der Waals surface area contributed by atoms with Crippen LogP contribution in [0.2, 0.25) is 5.02 Å². The van der Waals surface area contributed by atoms with E-state index in [4.69, 9.17) is 11.6 Å². The van der Waals surface area contributed by atoms with Gasteiger partial charge >= 0.3 is 0 Å². The van der Waals surface area contributed by atoms with Gasteiger partial charge in [0.15, 0.2) is 0 Å². The summed E-state index contributed by atoms with van der Waals surface area (Å²) in [5, 5.41) is 4.18. The second-order valence-corrected chi connectivity index (χ2v) is 7.79. The number of benzene rings is 2. The van der Waals surface area contributed by atoms with E-state index in [0.29, 0.717) is 6.54 Å². The second-order valence-electron chi connectivity index (χ2n) is 7.35. The Hall–Kier alpha value is -2.72. The minimum absolute atomic E-state index is 0.214. The molecule has 2 aromatic carbocycles. The highest BCUT2D eigenvalue weighted by molar-refractivity contribution is 6.30. The van der Waals surface area contributed by atoms with E-state index in [1.165, 1.54) is 53.0 Å². The van der Waals surface area contributed by atoms with Crippen LogP contribution in [0, 0.1) is 5.82 Å². The second kappa shape index (κ2) is 7.02. The van der Waals surface area contributed by atoms with E-state index >= 15 is 0 Å². The topological polar surface area (TPSA) is 21.4 Å². The van der Waals surface area contributed by atoms with Crippen LogP contribution in [0.5, 0.6) is 0 Å². The third kappa shape index (κ3) is 3.08. The Kier molecular flexibility index (Phi) is 4.36. The van der Waals surface area contributed by atoms with E-state index < -0.39 is 0 Å². The molecular weight excluding hydrogens is 373 g/mol. The summed E-state index contributed by atoms with van der Waals surface area (Å²) in [5.41, 5.74) is 7.37. The lowest BCUT2D eigenvalue weighted by atomic mass is 10.0. The van der Waals surface area contributed by atoms with Crippen molar-refractivity contribution >= 4 is 22.9 Å². The van der Waals surface area contributed by atoms with Crippen molar-refractivity contribution in [3.63, 3.8) is 0 Å². The first-order valence-corrected chi connectivity index (χ1v) is 10.0. The number of rotatable bonds is 4. The largest absolute Gasteiger partial charge is 0.379 e. The van der Waals surface area contributed by atoms with Crippen LogP contribution in [0.4, 0.5) is 10.1 Å². The highest BCUT2D eigenvalue weighted by Gasteiger charge is 2.20. The molecule has 1 N–H and O–H groups in total. The van der Waals surface area contributed by atoms with Gasteiger partial charge in [-0.25, -0.2) is 4.39 Å². The van der Waals surface area contributed by atoms with Crippen LogP contribution >= 0.6 is 11.6 Å². The van der Waals surface area contributed by atoms with Crippen molar-refractivity contribution < 1.29 is 4.39 Å². The van der Waals surface area contributed by atoms with Crippen molar-refractivity contribution in [3.8, 4) is 11.1 Å². The van der Waals surface area contributed by atoms with Crippen molar-refractivity contribution in [1.29, 1.82) is 0 Å². The van der Waals surface area contributed by atoms with Gasteiger partial charge in [-0.15, -0.1) is 0 Å². The zero-order valence-electron chi connectivity index (χ0n) is 15.5. The standard InChI is InChI=1S/C23H21ClFN3/c24-17-6-4-16(5-7-17)22-15-27-14-20(13-26-19-10-8-18(25)9-11-19)28-12-2-1-3-21(22)23(27)28/h4-11,14-15,26H,1-3,12-13H2. The number of aryl methyl sites for hydroxylation is 2. The molecule has 1 aliphatic heterocycles. The molecule has 4 aromatic rings. The predicted molar refractivity (Wildman–Crippen MR) is 112 cm³/mol. The molecule has 5 rings (SSSR count). The maximum Gasteiger partial charge on any atom is 0.123 e. The van der Waals surface area contributed by atoms with E-state index in [1.54, 1.807) is 12.1 Å². The van der Waals surface area contributed by atoms with Crippen LogP contribution < -0.4 is 5.32 Å². The minimum Gasteiger partial charge on any atom is -0.379 e. The molecular formula is C23H21ClFN3. The number of nitrogens with one attached hydrogen (secondary N) is 1. The number of anilines is 1. The molecule has 28 heavy (non-hydrogen) atoms. The summed E-state index contributed by atoms with van der Waals surface area (Å²) in [5.74, 6) is -0.214. The van der Waals surface area contributed by atoms with E-state index in [-0.39, 0.29) is 5.82 Å². The molecule has 5 heteroatoms. The molecule has 0 unspecified atom stereocenters. The zero-order chi connectivity index (χ0) is 19.1. The molecule has 0 fully saturated rings. The Morgan fingerprint density at radius 3 is 2.54 bits per heavy atom. The van der Waals surface area contributed by atoms with Gasteiger partial charge in [0.1, 0.15) is 11.5 Å². The van der Waals surface area contributed by atoms with E-state index in [2.05, 4.69) is 38.8 Å². The molecule has 3 nitrogen and oxygen atoms in total. The van der Waals surface area contributed by atoms with Crippen molar-refractivity contribution in [3.05, 3.63) is 83.0 Å². The van der Waals surface area contributed by atoms with Gasteiger partial charge in [0.2, 0.25) is 0 Å². The summed E-state index contributed by atoms with van der Waals surface area (Å²) in [6, 6.07) is 14.6. The average Bonchev–Trinajstić information content (AvgIpc) is 3.12. The quantitative estimate of drug-likeness (QED) is 0.441. The molecule has 1 aliphatic rings. The lowest BCUT2D eigenvalue weighted by Gasteiger charge is -2.10. The van der Waals surface area contributed by atoms with Crippen molar-refractivity contribution in [1.82, 2.24) is 8.97 Å². The fourth-order valence-corrected chi connectivity index (χ4v) is 4.29. The lowest BCUT2D eigenvalue weighted by molar-refractivity contribution is 0.625. The first-order chi connectivity index (χ1) is 13.7. The van der Waals surface area contributed by atoms with Crippen LogP contribution in [0.3, 0.4) is 0 Å². The Bertz CT molecular complexity index is 1120. The number of hydrogen-bond donors (Lipinski definition) is 1. The minimum atomic E-state index is -0.214. The smallest absolute Gasteiger partial charge is 0.123 e. The molecule has 0 spiro atoms. The number of halogens is 2. The summed E-state index contributed by atoms with van der Waals surface area (Å²) in [6.45, 7) is 1.73. The van der Waals surface area contributed by atoms with Crippen molar-refractivity contribution in [2.45, 2.75) is 32.4 Å². The summed E-state index contributed by atoms with van der Waals surface area (Å²) in [4.78, 5) is 0. The van der Waals surface area contributed by atoms with E-state index in [0.717, 1.165) is 23.7 Å². The fraction of sp³-hybridized carbons (Fsp3) is 0.217. The van der Waals surface area contributed by atoms with Gasteiger partial charge in [0.25, 0.3) is 0 Å². The maximum atomic E-state index is 13.1. The Labute approximate surface area is 168 Å². The SMILES string of the molecule is Fc1ccc(NCc2cn3cc(-c4ccc(Cl)cc4)c4c3n2CCCC4)cc1. The first-order valence-electron chi connectivity index (χ1n) is 9.66. The van der Waals surface area contributed by atoms with Gasteiger partial charge in [-0.2, -0.15) is 0 Å². The Morgan fingerprint density at radius 1 is 0.964 bits per heavy atom. The molecule has 0 amide bonds. The Balaban J connectivity index is 1.52. The molecule has 2 aromatic heterocycles. The number of hydrogen-bond acceptors (Lipinski definition) is 1. The normalized spacial score (nSPS) is 13.6. The molecule has 3 heterocycles. The third-order valence-corrected chi connectivity index (χ3v) is 5.78. The fourth-order valence-electron chi connectivity index (χ4n) is 4.17. The van der Waals surface area contributed by atoms with Gasteiger partial charge in [0, 0.05) is 40.8 Å². The Morgan fingerprint density at radius 2 is 1.75 bits per heavy atom. The molecule has 0 atom stereocenters. The first kappa shape index (κ1) is 17.4. The van der Waals surface area contributed by atoms with Gasteiger partial charge < -0.3 is 14.3 Å². The zero-order valence-corrected chi connectivity index (χ0v) is 16.2. The van der Waals surface area contributed by atoms with Crippen molar-refractivity contribution in [2.24, 2.45) is 0 Å². The average molecular weight is 394 g/mol. The molecule has 0 saturated carbocycles. The lowest BCUT2D eigenvalue weighted by Crippen LogP contribution is -2.07. The molecule has 0 saturated heterocycles. The highest BCUT2D eigenvalue weighted by atomic mass is 35.5. The third-order valence-electron chi connectivity index (χ3n) is 5.53. The highest BCUT2D eigenvalue weighted by Crippen LogP contribution is 2.34. The number of aromatic nitrogens is 2. The van der Waals surface area contributed by atoms with Crippen LogP contribution in [0.1, 0.15) is 24.1 Å². The van der Waals surface area contributed by atoms with Crippen LogP contribution in [0.15, 0.2) is 60.9 Å². The predicted octanol–water partition coefficient (Wildman–Crippen LogP) is 6.15. The number of imidazole rings is 1. The van der Waals surface area contributed by atoms with Crippen LogP contribution in [0.25, 0.3) is 16.8 Å². The van der Waals surface area contributed by atoms with Crippen LogP contribution in [-0.2, 0) is 19.5 Å². The molecule has 0 radical (unpaired) electrons. The van der Waals surface area contributed by atoms with Crippen molar-refractivity contribution in [2.75, 3.05) is 5.32 Å². The van der Waals surface area contributed by atoms with Gasteiger partial charge in [-0.05, 0) is 61.2 Å². The molecule has 142 valence electrons. The summed E-state index contributed by atoms with van der Waals surface area (Å²) < 4.78 is 17.8.